The number of benzene rings is 2. The Balaban J connectivity index is 0.00000289. The molecule has 1 aliphatic heterocycles. The van der Waals surface area contributed by atoms with Crippen molar-refractivity contribution in [3.05, 3.63) is 97.1 Å². The summed E-state index contributed by atoms with van der Waals surface area (Å²) in [6.45, 7) is 6.06. The third kappa shape index (κ3) is 4.70. The van der Waals surface area contributed by atoms with Gasteiger partial charge in [-0.3, -0.25) is 13.8 Å². The first-order valence-corrected chi connectivity index (χ1v) is 9.89. The Morgan fingerprint density at radius 2 is 1.84 bits per heavy atom. The van der Waals surface area contributed by atoms with E-state index in [4.69, 9.17) is 4.98 Å². The Kier molecular flexibility index (Phi) is 7.04. The van der Waals surface area contributed by atoms with E-state index in [1.807, 2.05) is 92.0 Å². The van der Waals surface area contributed by atoms with Crippen LogP contribution in [0.3, 0.4) is 0 Å². The van der Waals surface area contributed by atoms with Crippen molar-refractivity contribution in [2.24, 2.45) is 0 Å². The third-order valence-corrected chi connectivity index (χ3v) is 5.32. The fourth-order valence-corrected chi connectivity index (χ4v) is 3.36. The largest absolute Gasteiger partial charge is 0.500 e. The van der Waals surface area contributed by atoms with Crippen LogP contribution < -0.4 is 9.80 Å². The van der Waals surface area contributed by atoms with Crippen molar-refractivity contribution in [2.75, 3.05) is 23.9 Å². The summed E-state index contributed by atoms with van der Waals surface area (Å²) in [5, 5.41) is 0. The standard InChI is InChI=1S/C25H23F2N4.Pt/c1-25(2,31-13-12-30(17-31)19-8-6-5-7-9-19)24-16-20(29(3)4)15-23(28-24)21-11-10-18(26)14-22(21)27;/h5-8,10,12-17H,1-4H3;/q-3;. The average molecular weight is 613 g/mol. The van der Waals surface area contributed by atoms with Crippen molar-refractivity contribution < 1.29 is 29.8 Å². The van der Waals surface area contributed by atoms with Crippen molar-refractivity contribution in [1.82, 2.24) is 9.88 Å². The maximum absolute atomic E-state index is 14.5. The Bertz CT molecular complexity index is 1120. The number of aromatic nitrogens is 1. The van der Waals surface area contributed by atoms with Gasteiger partial charge < -0.3 is 14.7 Å². The van der Waals surface area contributed by atoms with E-state index >= 15 is 0 Å². The molecule has 0 spiro atoms. The predicted molar refractivity (Wildman–Crippen MR) is 119 cm³/mol. The van der Waals surface area contributed by atoms with Crippen molar-refractivity contribution >= 4 is 11.4 Å². The normalized spacial score (nSPS) is 13.3. The molecule has 2 aromatic carbocycles. The number of para-hydroxylation sites is 1. The van der Waals surface area contributed by atoms with Crippen LogP contribution >= 0.6 is 0 Å². The second kappa shape index (κ2) is 9.41. The van der Waals surface area contributed by atoms with Crippen molar-refractivity contribution in [1.29, 1.82) is 0 Å². The van der Waals surface area contributed by atoms with Gasteiger partial charge in [0.2, 0.25) is 0 Å². The summed E-state index contributed by atoms with van der Waals surface area (Å²) in [5.41, 5.74) is 2.53. The Labute approximate surface area is 202 Å². The first-order valence-electron chi connectivity index (χ1n) is 9.89. The van der Waals surface area contributed by atoms with Gasteiger partial charge in [0.05, 0.1) is 5.69 Å². The summed E-state index contributed by atoms with van der Waals surface area (Å²) in [6.07, 6.45) is 3.92. The Morgan fingerprint density at radius 1 is 1.06 bits per heavy atom. The molecule has 0 fully saturated rings. The van der Waals surface area contributed by atoms with Gasteiger partial charge >= 0.3 is 0 Å². The predicted octanol–water partition coefficient (Wildman–Crippen LogP) is 5.34. The molecular formula is C25H23F2N4Pt-3. The van der Waals surface area contributed by atoms with E-state index < -0.39 is 17.2 Å². The number of hydrogen-bond acceptors (Lipinski definition) is 4. The Hall–Kier alpha value is -2.72. The van der Waals surface area contributed by atoms with E-state index in [9.17, 15) is 8.78 Å². The monoisotopic (exact) mass is 612 g/mol. The van der Waals surface area contributed by atoms with Gasteiger partial charge in [-0.2, -0.15) is 37.0 Å². The van der Waals surface area contributed by atoms with Crippen LogP contribution in [0, 0.1) is 30.4 Å². The van der Waals surface area contributed by atoms with E-state index in [2.05, 4.69) is 12.1 Å². The number of hydrogen-bond donors (Lipinski definition) is 0. The molecule has 1 aromatic heterocycles. The molecule has 4 nitrogen and oxygen atoms in total. The number of pyridine rings is 1. The molecule has 0 aliphatic carbocycles. The first-order chi connectivity index (χ1) is 14.8. The molecule has 170 valence electrons. The number of nitrogens with zero attached hydrogens (tertiary/aromatic N) is 4. The first kappa shape index (κ1) is 23.9. The molecular weight excluding hydrogens is 589 g/mol. The maximum atomic E-state index is 14.5. The molecule has 0 unspecified atom stereocenters. The van der Waals surface area contributed by atoms with Crippen molar-refractivity contribution in [3.63, 3.8) is 0 Å². The average Bonchev–Trinajstić information content (AvgIpc) is 3.25. The minimum atomic E-state index is -0.689. The van der Waals surface area contributed by atoms with Gasteiger partial charge in [0.15, 0.2) is 0 Å². The molecule has 0 saturated carbocycles. The summed E-state index contributed by atoms with van der Waals surface area (Å²) in [4.78, 5) is 10.7. The molecule has 0 saturated heterocycles. The molecule has 0 bridgehead atoms. The minimum Gasteiger partial charge on any atom is -0.500 e. The molecule has 7 heteroatoms. The molecule has 0 atom stereocenters. The van der Waals surface area contributed by atoms with Crippen LogP contribution in [-0.2, 0) is 26.6 Å². The van der Waals surface area contributed by atoms with Gasteiger partial charge in [-0.25, -0.2) is 0 Å². The second-order valence-electron chi connectivity index (χ2n) is 8.07. The quantitative estimate of drug-likeness (QED) is 0.363. The zero-order chi connectivity index (χ0) is 22.2. The zero-order valence-electron chi connectivity index (χ0n) is 18.2. The molecule has 4 rings (SSSR count). The topological polar surface area (TPSA) is 22.6 Å². The third-order valence-electron chi connectivity index (χ3n) is 5.32. The van der Waals surface area contributed by atoms with Crippen LogP contribution in [0.4, 0.5) is 20.2 Å². The number of halogens is 2. The van der Waals surface area contributed by atoms with Crippen LogP contribution in [0.2, 0.25) is 0 Å². The van der Waals surface area contributed by atoms with Gasteiger partial charge in [0.25, 0.3) is 0 Å². The van der Waals surface area contributed by atoms with Crippen LogP contribution in [0.15, 0.2) is 60.9 Å². The van der Waals surface area contributed by atoms with E-state index in [1.54, 1.807) is 6.07 Å². The summed E-state index contributed by atoms with van der Waals surface area (Å²) in [6, 6.07) is 19.4. The molecule has 0 amide bonds. The van der Waals surface area contributed by atoms with Gasteiger partial charge in [-0.1, -0.05) is 17.7 Å². The summed E-state index contributed by atoms with van der Waals surface area (Å²) in [7, 11) is 3.82. The summed E-state index contributed by atoms with van der Waals surface area (Å²) >= 11 is 0. The van der Waals surface area contributed by atoms with Crippen LogP contribution in [-0.4, -0.2) is 24.0 Å². The minimum absolute atomic E-state index is 0. The second-order valence-corrected chi connectivity index (χ2v) is 8.07. The summed E-state index contributed by atoms with van der Waals surface area (Å²) in [5.74, 6) is -1.36. The summed E-state index contributed by atoms with van der Waals surface area (Å²) < 4.78 is 27.9. The van der Waals surface area contributed by atoms with E-state index in [-0.39, 0.29) is 26.6 Å². The molecule has 0 radical (unpaired) electrons. The molecule has 3 aromatic rings. The molecule has 0 N–H and O–H groups in total. The Morgan fingerprint density at radius 3 is 2.50 bits per heavy atom. The van der Waals surface area contributed by atoms with Crippen LogP contribution in [0.5, 0.6) is 0 Å². The van der Waals surface area contributed by atoms with E-state index in [1.165, 1.54) is 0 Å². The van der Waals surface area contributed by atoms with Crippen LogP contribution in [0.25, 0.3) is 11.3 Å². The van der Waals surface area contributed by atoms with Crippen molar-refractivity contribution in [2.45, 2.75) is 19.4 Å². The van der Waals surface area contributed by atoms with Crippen molar-refractivity contribution in [3.8, 4) is 11.3 Å². The number of anilines is 2. The molecule has 32 heavy (non-hydrogen) atoms. The fourth-order valence-electron chi connectivity index (χ4n) is 3.36. The maximum Gasteiger partial charge on any atom is 0.0543 e. The van der Waals surface area contributed by atoms with E-state index in [0.29, 0.717) is 5.69 Å². The fraction of sp³-hybridized carbons (Fsp3) is 0.200. The van der Waals surface area contributed by atoms with Gasteiger partial charge in [0.1, 0.15) is 0 Å². The smallest absolute Gasteiger partial charge is 0.0543 e. The number of rotatable bonds is 5. The van der Waals surface area contributed by atoms with Gasteiger partial charge in [-0.05, 0) is 38.0 Å². The van der Waals surface area contributed by atoms with Gasteiger partial charge in [0, 0.05) is 58.0 Å². The zero-order valence-corrected chi connectivity index (χ0v) is 20.5. The van der Waals surface area contributed by atoms with Gasteiger partial charge in [-0.15, -0.1) is 17.8 Å². The molecule has 2 heterocycles. The molecule has 1 aliphatic rings. The van der Waals surface area contributed by atoms with Crippen LogP contribution in [0.1, 0.15) is 19.5 Å². The SMILES string of the molecule is CN(C)c1cc(-c2[c-]cc(F)cc2F)nc(C(C)(C)N2C=CN(c3[c-]cccc3)[CH-]2)c1.[Pt]. The van der Waals surface area contributed by atoms with E-state index in [0.717, 1.165) is 29.2 Å².